The highest BCUT2D eigenvalue weighted by Crippen LogP contribution is 2.20. The first-order valence-electron chi connectivity index (χ1n) is 3.52. The fraction of sp³-hybridized carbons (Fsp3) is 0.571. The summed E-state index contributed by atoms with van der Waals surface area (Å²) in [5, 5.41) is 3.43. The lowest BCUT2D eigenvalue weighted by Crippen LogP contribution is -2.40. The third-order valence-corrected chi connectivity index (χ3v) is 2.83. The van der Waals surface area contributed by atoms with Gasteiger partial charge in [0.15, 0.2) is 0 Å². The van der Waals surface area contributed by atoms with Crippen LogP contribution in [0.3, 0.4) is 0 Å². The molecule has 0 aliphatic carbocycles. The van der Waals surface area contributed by atoms with Crippen LogP contribution in [0.5, 0.6) is 0 Å². The third kappa shape index (κ3) is 2.24. The first kappa shape index (κ1) is 8.62. The van der Waals surface area contributed by atoms with Gasteiger partial charge in [-0.1, -0.05) is 6.08 Å². The molecule has 1 amide bonds. The van der Waals surface area contributed by atoms with Crippen molar-refractivity contribution in [3.63, 3.8) is 0 Å². The number of thioether (sulfide) groups is 1. The van der Waals surface area contributed by atoms with Crippen LogP contribution < -0.4 is 11.1 Å². The van der Waals surface area contributed by atoms with E-state index in [9.17, 15) is 4.79 Å². The molecule has 0 aromatic heterocycles. The molecule has 0 bridgehead atoms. The van der Waals surface area contributed by atoms with Gasteiger partial charge in [0, 0.05) is 5.75 Å². The molecule has 3 N–H and O–H groups in total. The van der Waals surface area contributed by atoms with Crippen LogP contribution in [0.4, 0.5) is 0 Å². The molecule has 1 fully saturated rings. The molecule has 2 atom stereocenters. The van der Waals surface area contributed by atoms with E-state index in [0.29, 0.717) is 5.37 Å². The Hall–Kier alpha value is -0.480. The highest BCUT2D eigenvalue weighted by Gasteiger charge is 2.26. The molecule has 3 nitrogen and oxygen atoms in total. The van der Waals surface area contributed by atoms with Gasteiger partial charge in [-0.15, -0.1) is 18.3 Å². The minimum atomic E-state index is -0.260. The maximum Gasteiger partial charge on any atom is 0.235 e. The van der Waals surface area contributed by atoms with Gasteiger partial charge in [0.2, 0.25) is 5.91 Å². The molecular formula is C7H12N2OS. The van der Waals surface area contributed by atoms with Crippen molar-refractivity contribution in [2.75, 3.05) is 5.75 Å². The molecule has 62 valence electrons. The average molecular weight is 172 g/mol. The van der Waals surface area contributed by atoms with Gasteiger partial charge in [0.05, 0.1) is 11.4 Å². The van der Waals surface area contributed by atoms with Crippen LogP contribution in [0, 0.1) is 0 Å². The van der Waals surface area contributed by atoms with Gasteiger partial charge in [0.1, 0.15) is 0 Å². The number of hydrogen-bond acceptors (Lipinski definition) is 3. The zero-order valence-corrected chi connectivity index (χ0v) is 7.06. The molecule has 1 saturated heterocycles. The Balaban J connectivity index is 2.34. The largest absolute Gasteiger partial charge is 0.368 e. The van der Waals surface area contributed by atoms with Crippen LogP contribution in [0.25, 0.3) is 0 Å². The highest BCUT2D eigenvalue weighted by molar-refractivity contribution is 8.00. The number of carbonyl (C=O) groups excluding carboxylic acids is 1. The molecular weight excluding hydrogens is 160 g/mol. The van der Waals surface area contributed by atoms with E-state index in [1.165, 1.54) is 0 Å². The molecule has 0 saturated carbocycles. The average Bonchev–Trinajstić information content (AvgIpc) is 2.37. The molecule has 11 heavy (non-hydrogen) atoms. The number of hydrogen-bond donors (Lipinski definition) is 2. The summed E-state index contributed by atoms with van der Waals surface area (Å²) >= 11 is 1.72. The topological polar surface area (TPSA) is 55.1 Å². The Bertz CT molecular complexity index is 172. The summed E-state index contributed by atoms with van der Waals surface area (Å²) < 4.78 is 0. The van der Waals surface area contributed by atoms with Gasteiger partial charge >= 0.3 is 0 Å². The molecule has 1 aliphatic heterocycles. The molecule has 0 spiro atoms. The SMILES string of the molecule is C=CCC1NC(C(N)=O)CS1. The minimum absolute atomic E-state index is 0.148. The zero-order valence-electron chi connectivity index (χ0n) is 6.25. The minimum Gasteiger partial charge on any atom is -0.368 e. The van der Waals surface area contributed by atoms with Crippen molar-refractivity contribution in [2.24, 2.45) is 5.73 Å². The normalized spacial score (nSPS) is 30.2. The van der Waals surface area contributed by atoms with Crippen LogP contribution in [0.15, 0.2) is 12.7 Å². The first-order valence-corrected chi connectivity index (χ1v) is 4.56. The van der Waals surface area contributed by atoms with Crippen LogP contribution in [-0.4, -0.2) is 23.1 Å². The van der Waals surface area contributed by atoms with E-state index in [2.05, 4.69) is 11.9 Å². The number of rotatable bonds is 3. The number of amides is 1. The second kappa shape index (κ2) is 3.78. The lowest BCUT2D eigenvalue weighted by molar-refractivity contribution is -0.119. The maximum atomic E-state index is 10.7. The van der Waals surface area contributed by atoms with Crippen molar-refractivity contribution in [2.45, 2.75) is 17.8 Å². The van der Waals surface area contributed by atoms with E-state index >= 15 is 0 Å². The Morgan fingerprint density at radius 1 is 1.91 bits per heavy atom. The summed E-state index contributed by atoms with van der Waals surface area (Å²) in [5.41, 5.74) is 5.12. The van der Waals surface area contributed by atoms with E-state index in [-0.39, 0.29) is 11.9 Å². The van der Waals surface area contributed by atoms with Gasteiger partial charge in [-0.25, -0.2) is 0 Å². The van der Waals surface area contributed by atoms with E-state index in [0.717, 1.165) is 12.2 Å². The zero-order chi connectivity index (χ0) is 8.27. The molecule has 0 aromatic carbocycles. The summed E-state index contributed by atoms with van der Waals surface area (Å²) in [6.45, 7) is 3.62. The fourth-order valence-corrected chi connectivity index (χ4v) is 2.20. The molecule has 2 unspecified atom stereocenters. The van der Waals surface area contributed by atoms with Crippen molar-refractivity contribution < 1.29 is 4.79 Å². The predicted molar refractivity (Wildman–Crippen MR) is 47.2 cm³/mol. The number of primary amides is 1. The summed E-state index contributed by atoms with van der Waals surface area (Å²) in [4.78, 5) is 10.7. The predicted octanol–water partition coefficient (Wildman–Crippen LogP) is 0.0789. The van der Waals surface area contributed by atoms with Crippen LogP contribution in [0.1, 0.15) is 6.42 Å². The number of carbonyl (C=O) groups is 1. The summed E-state index contributed by atoms with van der Waals surface area (Å²) in [7, 11) is 0. The lowest BCUT2D eigenvalue weighted by atomic mass is 10.3. The molecule has 0 aromatic rings. The molecule has 4 heteroatoms. The molecule has 0 radical (unpaired) electrons. The van der Waals surface area contributed by atoms with Crippen molar-refractivity contribution in [3.8, 4) is 0 Å². The van der Waals surface area contributed by atoms with E-state index < -0.39 is 0 Å². The monoisotopic (exact) mass is 172 g/mol. The van der Waals surface area contributed by atoms with E-state index in [1.807, 2.05) is 6.08 Å². The van der Waals surface area contributed by atoms with Crippen LogP contribution >= 0.6 is 11.8 Å². The smallest absolute Gasteiger partial charge is 0.235 e. The summed E-state index contributed by atoms with van der Waals surface area (Å²) in [5.74, 6) is 0.525. The van der Waals surface area contributed by atoms with Crippen molar-refractivity contribution in [3.05, 3.63) is 12.7 Å². The van der Waals surface area contributed by atoms with Gasteiger partial charge in [-0.3, -0.25) is 10.1 Å². The molecule has 1 rings (SSSR count). The second-order valence-corrected chi connectivity index (χ2v) is 3.70. The Kier molecular flexibility index (Phi) is 2.96. The lowest BCUT2D eigenvalue weighted by Gasteiger charge is -2.07. The fourth-order valence-electron chi connectivity index (χ4n) is 0.985. The summed E-state index contributed by atoms with van der Waals surface area (Å²) in [6.07, 6.45) is 2.72. The van der Waals surface area contributed by atoms with Crippen molar-refractivity contribution >= 4 is 17.7 Å². The van der Waals surface area contributed by atoms with Gasteiger partial charge in [-0.05, 0) is 6.42 Å². The molecule has 1 aliphatic rings. The van der Waals surface area contributed by atoms with Crippen molar-refractivity contribution in [1.82, 2.24) is 5.32 Å². The number of nitrogens with two attached hydrogens (primary N) is 1. The van der Waals surface area contributed by atoms with Gasteiger partial charge < -0.3 is 5.73 Å². The number of nitrogens with one attached hydrogen (secondary N) is 1. The maximum absolute atomic E-state index is 10.7. The van der Waals surface area contributed by atoms with Crippen LogP contribution in [-0.2, 0) is 4.79 Å². The second-order valence-electron chi connectivity index (χ2n) is 2.47. The van der Waals surface area contributed by atoms with Gasteiger partial charge in [-0.2, -0.15) is 0 Å². The van der Waals surface area contributed by atoms with E-state index in [4.69, 9.17) is 5.73 Å². The Morgan fingerprint density at radius 3 is 3.09 bits per heavy atom. The quantitative estimate of drug-likeness (QED) is 0.593. The molecule has 1 heterocycles. The van der Waals surface area contributed by atoms with E-state index in [1.54, 1.807) is 11.8 Å². The third-order valence-electron chi connectivity index (χ3n) is 1.58. The first-order chi connectivity index (χ1) is 5.24. The Labute approximate surface area is 70.4 Å². The highest BCUT2D eigenvalue weighted by atomic mass is 32.2. The van der Waals surface area contributed by atoms with Gasteiger partial charge in [0.25, 0.3) is 0 Å². The standard InChI is InChI=1S/C7H12N2OS/c1-2-3-6-9-5(4-11-6)7(8)10/h2,5-6,9H,1,3-4H2,(H2,8,10). The Morgan fingerprint density at radius 2 is 2.64 bits per heavy atom. The van der Waals surface area contributed by atoms with Crippen molar-refractivity contribution in [1.29, 1.82) is 0 Å². The summed E-state index contributed by atoms with van der Waals surface area (Å²) in [6, 6.07) is -0.148. The van der Waals surface area contributed by atoms with Crippen LogP contribution in [0.2, 0.25) is 0 Å².